The number of rotatable bonds is 6. The largest absolute Gasteiger partial charge is 0.444 e. The summed E-state index contributed by atoms with van der Waals surface area (Å²) in [6, 6.07) is 6.73. The van der Waals surface area contributed by atoms with Crippen LogP contribution in [0.15, 0.2) is 41.3 Å². The summed E-state index contributed by atoms with van der Waals surface area (Å²) in [4.78, 5) is 28.3. The van der Waals surface area contributed by atoms with Crippen molar-refractivity contribution in [1.82, 2.24) is 10.3 Å². The topological polar surface area (TPSA) is 84.2 Å². The maximum atomic E-state index is 12.3. The quantitative estimate of drug-likeness (QED) is 0.844. The van der Waals surface area contributed by atoms with Crippen LogP contribution in [0.2, 0.25) is 0 Å². The first-order valence-electron chi connectivity index (χ1n) is 8.71. The Morgan fingerprint density at radius 2 is 2.12 bits per heavy atom. The van der Waals surface area contributed by atoms with E-state index in [0.717, 1.165) is 18.4 Å². The van der Waals surface area contributed by atoms with Gasteiger partial charge < -0.3 is 15.1 Å². The third-order valence-electron chi connectivity index (χ3n) is 4.57. The predicted molar refractivity (Wildman–Crippen MR) is 94.7 cm³/mol. The van der Waals surface area contributed by atoms with Crippen LogP contribution in [0.4, 0.5) is 5.69 Å². The van der Waals surface area contributed by atoms with Gasteiger partial charge in [0.1, 0.15) is 6.04 Å². The van der Waals surface area contributed by atoms with Crippen LogP contribution in [0.1, 0.15) is 39.0 Å². The number of nitrogens with zero attached hydrogens (tertiary/aromatic N) is 1. The van der Waals surface area contributed by atoms with Crippen molar-refractivity contribution in [2.24, 2.45) is 5.92 Å². The molecular formula is C19H23N3O3. The average molecular weight is 341 g/mol. The van der Waals surface area contributed by atoms with Gasteiger partial charge in [0.25, 0.3) is 0 Å². The Morgan fingerprint density at radius 3 is 2.84 bits per heavy atom. The fraction of sp³-hybridized carbons (Fsp3) is 0.421. The van der Waals surface area contributed by atoms with Gasteiger partial charge in [-0.2, -0.15) is 0 Å². The van der Waals surface area contributed by atoms with E-state index in [1.165, 1.54) is 19.2 Å². The van der Waals surface area contributed by atoms with Crippen LogP contribution in [-0.2, 0) is 9.59 Å². The molecule has 3 rings (SSSR count). The molecule has 1 saturated carbocycles. The molecule has 0 bridgehead atoms. The van der Waals surface area contributed by atoms with E-state index in [2.05, 4.69) is 15.6 Å². The van der Waals surface area contributed by atoms with Gasteiger partial charge in [-0.3, -0.25) is 9.59 Å². The second-order valence-electron chi connectivity index (χ2n) is 6.58. The summed E-state index contributed by atoms with van der Waals surface area (Å²) in [6.07, 6.45) is 8.13. The highest BCUT2D eigenvalue weighted by atomic mass is 16.3. The molecule has 1 aromatic heterocycles. The SMILES string of the molecule is CC(NC(=O)CC1CCCC1)C(=O)Nc1cccc(-c2cnco2)c1. The van der Waals surface area contributed by atoms with Crippen molar-refractivity contribution in [3.63, 3.8) is 0 Å². The standard InChI is InChI=1S/C19H23N3O3/c1-13(21-18(23)9-14-5-2-3-6-14)19(24)22-16-8-4-7-15(10-16)17-11-20-12-25-17/h4,7-8,10-14H,2-3,5-6,9H2,1H3,(H,21,23)(H,22,24). The molecule has 1 fully saturated rings. The van der Waals surface area contributed by atoms with E-state index in [1.54, 1.807) is 19.2 Å². The van der Waals surface area contributed by atoms with Crippen LogP contribution < -0.4 is 10.6 Å². The smallest absolute Gasteiger partial charge is 0.246 e. The fourth-order valence-corrected chi connectivity index (χ4v) is 3.20. The van der Waals surface area contributed by atoms with E-state index in [-0.39, 0.29) is 11.8 Å². The second kappa shape index (κ2) is 7.96. The van der Waals surface area contributed by atoms with Crippen molar-refractivity contribution < 1.29 is 14.0 Å². The molecule has 0 spiro atoms. The number of hydrogen-bond donors (Lipinski definition) is 2. The summed E-state index contributed by atoms with van der Waals surface area (Å²) in [5, 5.41) is 5.62. The van der Waals surface area contributed by atoms with Gasteiger partial charge in [0, 0.05) is 17.7 Å². The van der Waals surface area contributed by atoms with Crippen LogP contribution in [0.5, 0.6) is 0 Å². The van der Waals surface area contributed by atoms with Crippen molar-refractivity contribution >= 4 is 17.5 Å². The Hall–Kier alpha value is -2.63. The zero-order valence-corrected chi connectivity index (χ0v) is 14.3. The van der Waals surface area contributed by atoms with Gasteiger partial charge in [-0.15, -0.1) is 0 Å². The van der Waals surface area contributed by atoms with E-state index in [4.69, 9.17) is 4.42 Å². The first-order valence-corrected chi connectivity index (χ1v) is 8.71. The van der Waals surface area contributed by atoms with Crippen LogP contribution in [-0.4, -0.2) is 22.8 Å². The maximum absolute atomic E-state index is 12.3. The lowest BCUT2D eigenvalue weighted by atomic mass is 10.0. The van der Waals surface area contributed by atoms with Gasteiger partial charge >= 0.3 is 0 Å². The molecule has 2 N–H and O–H groups in total. The Morgan fingerprint density at radius 1 is 1.32 bits per heavy atom. The van der Waals surface area contributed by atoms with Gasteiger partial charge in [-0.1, -0.05) is 25.0 Å². The monoisotopic (exact) mass is 341 g/mol. The molecule has 0 radical (unpaired) electrons. The zero-order valence-electron chi connectivity index (χ0n) is 14.3. The minimum Gasteiger partial charge on any atom is -0.444 e. The molecule has 2 aromatic rings. The van der Waals surface area contributed by atoms with Crippen molar-refractivity contribution in [2.75, 3.05) is 5.32 Å². The summed E-state index contributed by atoms with van der Waals surface area (Å²) in [5.74, 6) is 0.808. The summed E-state index contributed by atoms with van der Waals surface area (Å²) in [5.41, 5.74) is 1.48. The van der Waals surface area contributed by atoms with Crippen molar-refractivity contribution in [2.45, 2.75) is 45.1 Å². The first kappa shape index (κ1) is 17.2. The van der Waals surface area contributed by atoms with Gasteiger partial charge in [0.05, 0.1) is 6.20 Å². The van der Waals surface area contributed by atoms with Crippen LogP contribution in [0.3, 0.4) is 0 Å². The summed E-state index contributed by atoms with van der Waals surface area (Å²) < 4.78 is 5.26. The molecule has 0 saturated heterocycles. The van der Waals surface area contributed by atoms with E-state index in [1.807, 2.05) is 18.2 Å². The number of anilines is 1. The Bertz CT molecular complexity index is 721. The highest BCUT2D eigenvalue weighted by Crippen LogP contribution is 2.27. The molecule has 6 heteroatoms. The molecule has 1 aromatic carbocycles. The van der Waals surface area contributed by atoms with Gasteiger partial charge in [-0.05, 0) is 37.8 Å². The van der Waals surface area contributed by atoms with E-state index < -0.39 is 6.04 Å². The third-order valence-corrected chi connectivity index (χ3v) is 4.57. The molecule has 25 heavy (non-hydrogen) atoms. The number of nitrogens with one attached hydrogen (secondary N) is 2. The van der Waals surface area contributed by atoms with Gasteiger partial charge in [0.2, 0.25) is 11.8 Å². The molecule has 132 valence electrons. The summed E-state index contributed by atoms with van der Waals surface area (Å²) >= 11 is 0. The normalized spacial score (nSPS) is 15.7. The lowest BCUT2D eigenvalue weighted by Crippen LogP contribution is -2.42. The number of aromatic nitrogens is 1. The number of benzene rings is 1. The molecule has 1 unspecified atom stereocenters. The molecule has 1 aliphatic rings. The Balaban J connectivity index is 1.54. The lowest BCUT2D eigenvalue weighted by molar-refractivity contribution is -0.126. The minimum atomic E-state index is -0.581. The zero-order chi connectivity index (χ0) is 17.6. The highest BCUT2D eigenvalue weighted by molar-refractivity contribution is 5.97. The van der Waals surface area contributed by atoms with Crippen LogP contribution >= 0.6 is 0 Å². The first-order chi connectivity index (χ1) is 12.1. The fourth-order valence-electron chi connectivity index (χ4n) is 3.20. The lowest BCUT2D eigenvalue weighted by Gasteiger charge is -2.16. The summed E-state index contributed by atoms with van der Waals surface area (Å²) in [7, 11) is 0. The van der Waals surface area contributed by atoms with E-state index in [0.29, 0.717) is 23.8 Å². The number of amides is 2. The molecule has 1 atom stereocenters. The number of carbonyl (C=O) groups excluding carboxylic acids is 2. The Labute approximate surface area is 147 Å². The minimum absolute atomic E-state index is 0.0510. The number of hydrogen-bond acceptors (Lipinski definition) is 4. The van der Waals surface area contributed by atoms with Crippen molar-refractivity contribution in [3.05, 3.63) is 36.9 Å². The van der Waals surface area contributed by atoms with Gasteiger partial charge in [-0.25, -0.2) is 4.98 Å². The average Bonchev–Trinajstić information content (AvgIpc) is 3.28. The molecule has 1 heterocycles. The van der Waals surface area contributed by atoms with Crippen molar-refractivity contribution in [3.8, 4) is 11.3 Å². The molecular weight excluding hydrogens is 318 g/mol. The highest BCUT2D eigenvalue weighted by Gasteiger charge is 2.21. The predicted octanol–water partition coefficient (Wildman–Crippen LogP) is 3.37. The van der Waals surface area contributed by atoms with Gasteiger partial charge in [0.15, 0.2) is 12.2 Å². The number of oxazole rings is 1. The van der Waals surface area contributed by atoms with Crippen LogP contribution in [0.25, 0.3) is 11.3 Å². The number of carbonyl (C=O) groups is 2. The maximum Gasteiger partial charge on any atom is 0.246 e. The summed E-state index contributed by atoms with van der Waals surface area (Å²) in [6.45, 7) is 1.70. The van der Waals surface area contributed by atoms with E-state index in [9.17, 15) is 9.59 Å². The molecule has 1 aliphatic carbocycles. The van der Waals surface area contributed by atoms with Crippen LogP contribution in [0, 0.1) is 5.92 Å². The van der Waals surface area contributed by atoms with E-state index >= 15 is 0 Å². The third kappa shape index (κ3) is 4.68. The molecule has 2 amide bonds. The molecule has 0 aliphatic heterocycles. The molecule has 6 nitrogen and oxygen atoms in total. The second-order valence-corrected chi connectivity index (χ2v) is 6.58. The Kier molecular flexibility index (Phi) is 5.48. The van der Waals surface area contributed by atoms with Crippen molar-refractivity contribution in [1.29, 1.82) is 0 Å².